The van der Waals surface area contributed by atoms with Crippen LogP contribution in [0.4, 0.5) is 0 Å². The minimum absolute atomic E-state index is 0.0230. The van der Waals surface area contributed by atoms with E-state index in [4.69, 9.17) is 0 Å². The smallest absolute Gasteiger partial charge is 0.254 e. The Morgan fingerprint density at radius 3 is 2.63 bits per heavy atom. The molecular formula is C24H25N3O2S. The molecular weight excluding hydrogens is 394 g/mol. The van der Waals surface area contributed by atoms with Crippen molar-refractivity contribution in [2.24, 2.45) is 5.92 Å². The minimum atomic E-state index is -0.403. The van der Waals surface area contributed by atoms with Gasteiger partial charge in [0.15, 0.2) is 0 Å². The number of amides is 2. The largest absolute Gasteiger partial charge is 0.348 e. The van der Waals surface area contributed by atoms with Crippen LogP contribution in [0, 0.1) is 5.92 Å². The van der Waals surface area contributed by atoms with Gasteiger partial charge in [-0.05, 0) is 49.4 Å². The second kappa shape index (κ2) is 8.19. The molecule has 0 radical (unpaired) electrons. The molecule has 0 bridgehead atoms. The molecule has 5 nitrogen and oxygen atoms in total. The predicted molar refractivity (Wildman–Crippen MR) is 118 cm³/mol. The topological polar surface area (TPSA) is 62.3 Å². The Morgan fingerprint density at radius 1 is 1.03 bits per heavy atom. The van der Waals surface area contributed by atoms with Gasteiger partial charge in [-0.2, -0.15) is 0 Å². The highest BCUT2D eigenvalue weighted by atomic mass is 32.1. The maximum absolute atomic E-state index is 13.3. The summed E-state index contributed by atoms with van der Waals surface area (Å²) in [5.41, 5.74) is 1.62. The van der Waals surface area contributed by atoms with Crippen molar-refractivity contribution >= 4 is 33.4 Å². The minimum Gasteiger partial charge on any atom is -0.348 e. The van der Waals surface area contributed by atoms with Gasteiger partial charge in [-0.15, -0.1) is 11.3 Å². The second-order valence-electron chi connectivity index (χ2n) is 8.23. The van der Waals surface area contributed by atoms with Crippen LogP contribution >= 0.6 is 11.3 Å². The fraction of sp³-hybridized carbons (Fsp3) is 0.375. The molecule has 2 aliphatic rings. The predicted octanol–water partition coefficient (Wildman–Crippen LogP) is 4.39. The van der Waals surface area contributed by atoms with E-state index in [1.807, 2.05) is 59.5 Å². The number of carbonyl (C=O) groups is 2. The van der Waals surface area contributed by atoms with Crippen LogP contribution in [-0.2, 0) is 11.3 Å². The average molecular weight is 420 g/mol. The number of thiazole rings is 1. The number of nitrogens with one attached hydrogen (secondary N) is 1. The summed E-state index contributed by atoms with van der Waals surface area (Å²) in [6.45, 7) is 0.400. The zero-order valence-corrected chi connectivity index (χ0v) is 17.6. The number of nitrogens with zero attached hydrogens (tertiary/aromatic N) is 2. The Balaban J connectivity index is 1.35. The summed E-state index contributed by atoms with van der Waals surface area (Å²) in [6.07, 6.45) is 5.17. The normalized spacial score (nSPS) is 23.3. The Bertz CT molecular complexity index is 1030. The number of para-hydroxylation sites is 1. The highest BCUT2D eigenvalue weighted by Crippen LogP contribution is 2.40. The molecule has 1 N–H and O–H groups in total. The van der Waals surface area contributed by atoms with Gasteiger partial charge in [-0.3, -0.25) is 9.59 Å². The molecule has 3 atom stereocenters. The summed E-state index contributed by atoms with van der Waals surface area (Å²) in [5.74, 6) is 0.336. The van der Waals surface area contributed by atoms with Crippen molar-refractivity contribution < 1.29 is 9.59 Å². The van der Waals surface area contributed by atoms with E-state index >= 15 is 0 Å². The highest BCUT2D eigenvalue weighted by Gasteiger charge is 2.47. The number of fused-ring (bicyclic) bond motifs is 2. The van der Waals surface area contributed by atoms with Crippen molar-refractivity contribution in [2.45, 2.75) is 50.7 Å². The molecule has 1 aliphatic heterocycles. The lowest BCUT2D eigenvalue weighted by Gasteiger charge is -2.33. The maximum atomic E-state index is 13.3. The van der Waals surface area contributed by atoms with Gasteiger partial charge < -0.3 is 10.2 Å². The molecule has 6 heteroatoms. The van der Waals surface area contributed by atoms with E-state index in [1.54, 1.807) is 11.3 Å². The quantitative estimate of drug-likeness (QED) is 0.682. The molecule has 3 unspecified atom stereocenters. The molecule has 2 amide bonds. The van der Waals surface area contributed by atoms with Crippen molar-refractivity contribution in [3.63, 3.8) is 0 Å². The SMILES string of the molecule is O=C(NCc1nc2ccccc2s1)C1CC2CCCCC2N1C(=O)c1ccccc1. The van der Waals surface area contributed by atoms with Crippen LogP contribution in [0.5, 0.6) is 0 Å². The standard InChI is InChI=1S/C24H25N3O2S/c28-23(25-15-22-26-18-11-5-7-13-21(18)30-22)20-14-17-10-4-6-12-19(17)27(20)24(29)16-8-2-1-3-9-16/h1-3,5,7-9,11,13,17,19-20H,4,6,10,12,14-15H2,(H,25,28). The number of benzene rings is 2. The zero-order valence-electron chi connectivity index (χ0n) is 16.8. The van der Waals surface area contributed by atoms with Gasteiger partial charge in [-0.25, -0.2) is 4.98 Å². The van der Waals surface area contributed by atoms with Crippen molar-refractivity contribution in [2.75, 3.05) is 0 Å². The van der Waals surface area contributed by atoms with Crippen LogP contribution in [-0.4, -0.2) is 33.8 Å². The molecule has 0 spiro atoms. The maximum Gasteiger partial charge on any atom is 0.254 e. The first-order chi connectivity index (χ1) is 14.7. The zero-order chi connectivity index (χ0) is 20.5. The van der Waals surface area contributed by atoms with Gasteiger partial charge in [0.1, 0.15) is 11.0 Å². The first-order valence-corrected chi connectivity index (χ1v) is 11.5. The number of carbonyl (C=O) groups excluding carboxylic acids is 2. The third-order valence-corrected chi connectivity index (χ3v) is 7.43. The van der Waals surface area contributed by atoms with Crippen LogP contribution in [0.25, 0.3) is 10.2 Å². The van der Waals surface area contributed by atoms with E-state index < -0.39 is 6.04 Å². The first kappa shape index (κ1) is 19.2. The fourth-order valence-corrected chi connectivity index (χ4v) is 5.90. The first-order valence-electron chi connectivity index (χ1n) is 10.7. The van der Waals surface area contributed by atoms with Crippen LogP contribution < -0.4 is 5.32 Å². The fourth-order valence-electron chi connectivity index (χ4n) is 4.99. The summed E-state index contributed by atoms with van der Waals surface area (Å²) in [4.78, 5) is 33.0. The number of likely N-dealkylation sites (tertiary alicyclic amines) is 1. The lowest BCUT2D eigenvalue weighted by Crippen LogP contribution is -2.49. The van der Waals surface area contributed by atoms with E-state index in [1.165, 1.54) is 6.42 Å². The van der Waals surface area contributed by atoms with Crippen LogP contribution in [0.1, 0.15) is 47.5 Å². The van der Waals surface area contributed by atoms with Gasteiger partial charge >= 0.3 is 0 Å². The van der Waals surface area contributed by atoms with Gasteiger partial charge in [0.2, 0.25) is 5.91 Å². The molecule has 2 aromatic carbocycles. The number of hydrogen-bond acceptors (Lipinski definition) is 4. The Kier molecular flexibility index (Phi) is 5.25. The summed E-state index contributed by atoms with van der Waals surface area (Å²) < 4.78 is 1.12. The molecule has 1 aliphatic carbocycles. The van der Waals surface area contributed by atoms with Crippen LogP contribution in [0.2, 0.25) is 0 Å². The Labute approximate surface area is 180 Å². The molecule has 1 saturated heterocycles. The van der Waals surface area contributed by atoms with Crippen molar-refractivity contribution in [1.82, 2.24) is 15.2 Å². The summed E-state index contributed by atoms with van der Waals surface area (Å²) in [5, 5.41) is 3.95. The van der Waals surface area contributed by atoms with Crippen molar-refractivity contribution in [1.29, 1.82) is 0 Å². The third-order valence-electron chi connectivity index (χ3n) is 6.40. The van der Waals surface area contributed by atoms with Gasteiger partial charge in [-0.1, -0.05) is 43.2 Å². The Morgan fingerprint density at radius 2 is 1.80 bits per heavy atom. The number of aromatic nitrogens is 1. The summed E-state index contributed by atoms with van der Waals surface area (Å²) in [7, 11) is 0. The average Bonchev–Trinajstić information content (AvgIpc) is 3.39. The van der Waals surface area contributed by atoms with Gasteiger partial charge in [0.05, 0.1) is 16.8 Å². The molecule has 2 heterocycles. The molecule has 30 heavy (non-hydrogen) atoms. The molecule has 3 aromatic rings. The second-order valence-corrected chi connectivity index (χ2v) is 9.35. The third kappa shape index (κ3) is 3.60. The molecule has 2 fully saturated rings. The van der Waals surface area contributed by atoms with Crippen LogP contribution in [0.3, 0.4) is 0 Å². The Hall–Kier alpha value is -2.73. The van der Waals surface area contributed by atoms with E-state index in [-0.39, 0.29) is 17.9 Å². The molecule has 154 valence electrons. The van der Waals surface area contributed by atoms with Crippen molar-refractivity contribution in [3.8, 4) is 0 Å². The van der Waals surface area contributed by atoms with Gasteiger partial charge in [0, 0.05) is 11.6 Å². The van der Waals surface area contributed by atoms with E-state index in [2.05, 4.69) is 10.3 Å². The van der Waals surface area contributed by atoms with E-state index in [9.17, 15) is 9.59 Å². The lowest BCUT2D eigenvalue weighted by atomic mass is 9.84. The lowest BCUT2D eigenvalue weighted by molar-refractivity contribution is -0.125. The van der Waals surface area contributed by atoms with Gasteiger partial charge in [0.25, 0.3) is 5.91 Å². The van der Waals surface area contributed by atoms with Crippen LogP contribution in [0.15, 0.2) is 54.6 Å². The molecule has 1 aromatic heterocycles. The van der Waals surface area contributed by atoms with Crippen molar-refractivity contribution in [3.05, 3.63) is 65.2 Å². The highest BCUT2D eigenvalue weighted by molar-refractivity contribution is 7.18. The van der Waals surface area contributed by atoms with E-state index in [0.29, 0.717) is 18.0 Å². The summed E-state index contributed by atoms with van der Waals surface area (Å²) >= 11 is 1.60. The summed E-state index contributed by atoms with van der Waals surface area (Å²) in [6, 6.07) is 17.1. The molecule has 5 rings (SSSR count). The number of hydrogen-bond donors (Lipinski definition) is 1. The van der Waals surface area contributed by atoms with E-state index in [0.717, 1.165) is 40.9 Å². The monoisotopic (exact) mass is 419 g/mol. The number of rotatable bonds is 4. The molecule has 1 saturated carbocycles.